The largest absolute Gasteiger partial charge is 0.496 e. The number of hydrogen-bond acceptors (Lipinski definition) is 3. The predicted octanol–water partition coefficient (Wildman–Crippen LogP) is 3.08. The monoisotopic (exact) mass is 358 g/mol. The number of nitrogens with one attached hydrogen (secondary N) is 2. The van der Waals surface area contributed by atoms with E-state index in [9.17, 15) is 9.59 Å². The molecule has 0 heterocycles. The van der Waals surface area contributed by atoms with Crippen molar-refractivity contribution in [2.45, 2.75) is 20.3 Å². The molecule has 1 aromatic carbocycles. The molecule has 1 unspecified atom stereocenters. The van der Waals surface area contributed by atoms with Gasteiger partial charge in [-0.1, -0.05) is 6.92 Å². The highest BCUT2D eigenvalue weighted by Gasteiger charge is 2.31. The number of carbonyl (C=O) groups excluding carboxylic acids is 1. The SMILES string of the molecule is CCC(C)(CNC(=O)Nc1ccc(OC)c(Br)c1)C(=O)O. The third-order valence-corrected chi connectivity index (χ3v) is 3.97. The van der Waals surface area contributed by atoms with E-state index in [1.165, 1.54) is 0 Å². The first-order chi connectivity index (χ1) is 9.82. The lowest BCUT2D eigenvalue weighted by atomic mass is 9.88. The zero-order valence-electron chi connectivity index (χ0n) is 12.2. The second kappa shape index (κ2) is 7.31. The lowest BCUT2D eigenvalue weighted by Crippen LogP contribution is -2.42. The third-order valence-electron chi connectivity index (χ3n) is 3.35. The fourth-order valence-corrected chi connectivity index (χ4v) is 2.09. The van der Waals surface area contributed by atoms with Gasteiger partial charge in [0.25, 0.3) is 0 Å². The van der Waals surface area contributed by atoms with Crippen LogP contribution < -0.4 is 15.4 Å². The van der Waals surface area contributed by atoms with E-state index in [1.807, 2.05) is 0 Å². The molecule has 7 heteroatoms. The molecule has 0 aliphatic heterocycles. The van der Waals surface area contributed by atoms with Gasteiger partial charge in [-0.15, -0.1) is 0 Å². The molecule has 0 radical (unpaired) electrons. The summed E-state index contributed by atoms with van der Waals surface area (Å²) >= 11 is 3.32. The van der Waals surface area contributed by atoms with Crippen LogP contribution in [-0.4, -0.2) is 30.8 Å². The first-order valence-electron chi connectivity index (χ1n) is 6.44. The van der Waals surface area contributed by atoms with E-state index in [0.717, 1.165) is 0 Å². The summed E-state index contributed by atoms with van der Waals surface area (Å²) in [5.74, 6) is -0.275. The van der Waals surface area contributed by atoms with Crippen molar-refractivity contribution < 1.29 is 19.4 Å². The van der Waals surface area contributed by atoms with Gasteiger partial charge < -0.3 is 20.5 Å². The Morgan fingerprint density at radius 1 is 1.43 bits per heavy atom. The van der Waals surface area contributed by atoms with E-state index in [4.69, 9.17) is 9.84 Å². The summed E-state index contributed by atoms with van der Waals surface area (Å²) in [5, 5.41) is 14.4. The number of halogens is 1. The minimum atomic E-state index is -0.974. The molecule has 0 aromatic heterocycles. The lowest BCUT2D eigenvalue weighted by molar-refractivity contribution is -0.147. The summed E-state index contributed by atoms with van der Waals surface area (Å²) < 4.78 is 5.81. The number of rotatable bonds is 6. The molecule has 0 aliphatic rings. The van der Waals surface area contributed by atoms with Crippen LogP contribution in [-0.2, 0) is 4.79 Å². The normalized spacial score (nSPS) is 13.1. The molecule has 0 aliphatic carbocycles. The molecule has 2 amide bonds. The van der Waals surface area contributed by atoms with Gasteiger partial charge in [0, 0.05) is 12.2 Å². The Balaban J connectivity index is 2.62. The Kier molecular flexibility index (Phi) is 6.02. The number of anilines is 1. The van der Waals surface area contributed by atoms with Gasteiger partial charge in [-0.2, -0.15) is 0 Å². The molecular formula is C14H19BrN2O4. The molecule has 0 fully saturated rings. The Morgan fingerprint density at radius 3 is 2.57 bits per heavy atom. The smallest absolute Gasteiger partial charge is 0.319 e. The van der Waals surface area contributed by atoms with Gasteiger partial charge in [0.2, 0.25) is 0 Å². The molecule has 0 spiro atoms. The predicted molar refractivity (Wildman–Crippen MR) is 83.7 cm³/mol. The highest BCUT2D eigenvalue weighted by atomic mass is 79.9. The molecular weight excluding hydrogens is 340 g/mol. The van der Waals surface area contributed by atoms with Crippen molar-refractivity contribution in [1.82, 2.24) is 5.32 Å². The van der Waals surface area contributed by atoms with Crippen LogP contribution in [0.25, 0.3) is 0 Å². The summed E-state index contributed by atoms with van der Waals surface area (Å²) in [5.41, 5.74) is -0.397. The average Bonchev–Trinajstić information content (AvgIpc) is 2.44. The van der Waals surface area contributed by atoms with E-state index in [2.05, 4.69) is 26.6 Å². The van der Waals surface area contributed by atoms with Crippen molar-refractivity contribution in [3.05, 3.63) is 22.7 Å². The Morgan fingerprint density at radius 2 is 2.10 bits per heavy atom. The summed E-state index contributed by atoms with van der Waals surface area (Å²) in [7, 11) is 1.55. The second-order valence-corrected chi connectivity index (χ2v) is 5.73. The molecule has 0 saturated carbocycles. The third kappa shape index (κ3) is 4.63. The molecule has 21 heavy (non-hydrogen) atoms. The lowest BCUT2D eigenvalue weighted by Gasteiger charge is -2.23. The van der Waals surface area contributed by atoms with Crippen LogP contribution in [0.2, 0.25) is 0 Å². The number of methoxy groups -OCH3 is 1. The van der Waals surface area contributed by atoms with Gasteiger partial charge in [-0.05, 0) is 47.5 Å². The van der Waals surface area contributed by atoms with E-state index in [-0.39, 0.29) is 6.54 Å². The van der Waals surface area contributed by atoms with Gasteiger partial charge >= 0.3 is 12.0 Å². The highest BCUT2D eigenvalue weighted by Crippen LogP contribution is 2.27. The number of urea groups is 1. The molecule has 1 atom stereocenters. The molecule has 1 rings (SSSR count). The molecule has 6 nitrogen and oxygen atoms in total. The minimum Gasteiger partial charge on any atom is -0.496 e. The Labute approximate surface area is 132 Å². The van der Waals surface area contributed by atoms with Crippen molar-refractivity contribution >= 4 is 33.6 Å². The Hall–Kier alpha value is -1.76. The van der Waals surface area contributed by atoms with Crippen LogP contribution >= 0.6 is 15.9 Å². The summed E-state index contributed by atoms with van der Waals surface area (Å²) in [4.78, 5) is 22.9. The summed E-state index contributed by atoms with van der Waals surface area (Å²) in [6.07, 6.45) is 0.427. The molecule has 0 saturated heterocycles. The van der Waals surface area contributed by atoms with Crippen molar-refractivity contribution in [3.63, 3.8) is 0 Å². The van der Waals surface area contributed by atoms with Crippen LogP contribution in [0.4, 0.5) is 10.5 Å². The van der Waals surface area contributed by atoms with Gasteiger partial charge in [-0.25, -0.2) is 4.79 Å². The van der Waals surface area contributed by atoms with Gasteiger partial charge in [0.05, 0.1) is 17.0 Å². The number of hydrogen-bond donors (Lipinski definition) is 3. The number of carbonyl (C=O) groups is 2. The maximum atomic E-state index is 11.8. The van der Waals surface area contributed by atoms with E-state index in [1.54, 1.807) is 39.2 Å². The van der Waals surface area contributed by atoms with Crippen LogP contribution in [0.5, 0.6) is 5.75 Å². The standard InChI is InChI=1S/C14H19BrN2O4/c1-4-14(2,12(18)19)8-16-13(20)17-9-5-6-11(21-3)10(15)7-9/h5-7H,4,8H2,1-3H3,(H,18,19)(H2,16,17,20). The fraction of sp³-hybridized carbons (Fsp3) is 0.429. The topological polar surface area (TPSA) is 87.7 Å². The molecule has 0 bridgehead atoms. The van der Waals surface area contributed by atoms with Gasteiger partial charge in [0.15, 0.2) is 0 Å². The highest BCUT2D eigenvalue weighted by molar-refractivity contribution is 9.10. The van der Waals surface area contributed by atoms with Crippen molar-refractivity contribution in [1.29, 1.82) is 0 Å². The second-order valence-electron chi connectivity index (χ2n) is 4.88. The fourth-order valence-electron chi connectivity index (χ4n) is 1.55. The zero-order chi connectivity index (χ0) is 16.0. The van der Waals surface area contributed by atoms with Crippen LogP contribution in [0.1, 0.15) is 20.3 Å². The number of carboxylic acid groups (broad SMARTS) is 1. The van der Waals surface area contributed by atoms with Crippen LogP contribution in [0.15, 0.2) is 22.7 Å². The quantitative estimate of drug-likeness (QED) is 0.728. The zero-order valence-corrected chi connectivity index (χ0v) is 13.8. The number of amides is 2. The van der Waals surface area contributed by atoms with E-state index in [0.29, 0.717) is 22.3 Å². The first-order valence-corrected chi connectivity index (χ1v) is 7.23. The average molecular weight is 359 g/mol. The molecule has 116 valence electrons. The summed E-state index contributed by atoms with van der Waals surface area (Å²) in [6.45, 7) is 3.43. The van der Waals surface area contributed by atoms with Gasteiger partial charge in [0.1, 0.15) is 5.75 Å². The molecule has 1 aromatic rings. The first kappa shape index (κ1) is 17.3. The number of ether oxygens (including phenoxy) is 1. The minimum absolute atomic E-state index is 0.0575. The van der Waals surface area contributed by atoms with E-state index < -0.39 is 17.4 Å². The van der Waals surface area contributed by atoms with E-state index >= 15 is 0 Å². The van der Waals surface area contributed by atoms with Crippen molar-refractivity contribution in [2.75, 3.05) is 19.0 Å². The molecule has 3 N–H and O–H groups in total. The van der Waals surface area contributed by atoms with Crippen LogP contribution in [0, 0.1) is 5.41 Å². The van der Waals surface area contributed by atoms with Crippen molar-refractivity contribution in [2.24, 2.45) is 5.41 Å². The summed E-state index contributed by atoms with van der Waals surface area (Å²) in [6, 6.07) is 4.66. The van der Waals surface area contributed by atoms with Crippen LogP contribution in [0.3, 0.4) is 0 Å². The maximum absolute atomic E-state index is 11.8. The Bertz CT molecular complexity index is 536. The van der Waals surface area contributed by atoms with Crippen molar-refractivity contribution in [3.8, 4) is 5.75 Å². The number of benzene rings is 1. The van der Waals surface area contributed by atoms with Gasteiger partial charge in [-0.3, -0.25) is 4.79 Å². The number of aliphatic carboxylic acids is 1. The maximum Gasteiger partial charge on any atom is 0.319 e. The number of carboxylic acids is 1.